The van der Waals surface area contributed by atoms with Crippen LogP contribution in [0.3, 0.4) is 0 Å². The van der Waals surface area contributed by atoms with Crippen LogP contribution in [0.1, 0.15) is 30.5 Å². The first-order valence-electron chi connectivity index (χ1n) is 5.92. The van der Waals surface area contributed by atoms with Gasteiger partial charge in [-0.2, -0.15) is 0 Å². The summed E-state index contributed by atoms with van der Waals surface area (Å²) in [6, 6.07) is 8.81. The monoisotopic (exact) mass is 217 g/mol. The normalized spacial score (nSPS) is 18.9. The molecular formula is C14H19NO. The van der Waals surface area contributed by atoms with Crippen LogP contribution in [0.25, 0.3) is 0 Å². The maximum absolute atomic E-state index is 5.46. The Morgan fingerprint density at radius 1 is 1.38 bits per heavy atom. The number of hydrogen-bond acceptors (Lipinski definition) is 2. The standard InChI is InChI=1S/C14H19NO/c1-3-10-15-14-12-7-5-4-6-11(12)8-9-13(14)16-2/h4-7,9,14-15H,3,8,10H2,1-2H3. The third-order valence-electron chi connectivity index (χ3n) is 3.01. The van der Waals surface area contributed by atoms with Crippen molar-refractivity contribution in [2.45, 2.75) is 25.8 Å². The first-order chi connectivity index (χ1) is 7.86. The number of ether oxygens (including phenoxy) is 1. The number of benzene rings is 1. The lowest BCUT2D eigenvalue weighted by atomic mass is 9.91. The fourth-order valence-corrected chi connectivity index (χ4v) is 2.18. The first-order valence-corrected chi connectivity index (χ1v) is 5.92. The van der Waals surface area contributed by atoms with Gasteiger partial charge in [0.25, 0.3) is 0 Å². The number of nitrogens with one attached hydrogen (secondary N) is 1. The van der Waals surface area contributed by atoms with Crippen LogP contribution >= 0.6 is 0 Å². The summed E-state index contributed by atoms with van der Waals surface area (Å²) < 4.78 is 5.46. The summed E-state index contributed by atoms with van der Waals surface area (Å²) in [6.07, 6.45) is 4.29. The molecule has 0 heterocycles. The fourth-order valence-electron chi connectivity index (χ4n) is 2.18. The average molecular weight is 217 g/mol. The van der Waals surface area contributed by atoms with Crippen molar-refractivity contribution in [3.8, 4) is 0 Å². The Kier molecular flexibility index (Phi) is 3.62. The van der Waals surface area contributed by atoms with E-state index in [0.717, 1.165) is 25.1 Å². The molecule has 1 aliphatic carbocycles. The second-order valence-electron chi connectivity index (χ2n) is 4.10. The molecule has 0 fully saturated rings. The molecule has 0 bridgehead atoms. The average Bonchev–Trinajstić information content (AvgIpc) is 2.35. The molecule has 0 radical (unpaired) electrons. The molecule has 1 N–H and O–H groups in total. The van der Waals surface area contributed by atoms with Gasteiger partial charge >= 0.3 is 0 Å². The zero-order valence-electron chi connectivity index (χ0n) is 9.99. The Morgan fingerprint density at radius 2 is 2.19 bits per heavy atom. The molecule has 2 heteroatoms. The molecule has 1 unspecified atom stereocenters. The number of methoxy groups -OCH3 is 1. The number of rotatable bonds is 4. The van der Waals surface area contributed by atoms with Crippen LogP contribution in [0.15, 0.2) is 36.1 Å². The van der Waals surface area contributed by atoms with E-state index >= 15 is 0 Å². The molecule has 1 aromatic carbocycles. The third kappa shape index (κ3) is 2.12. The van der Waals surface area contributed by atoms with Crippen LogP contribution in [0, 0.1) is 0 Å². The summed E-state index contributed by atoms with van der Waals surface area (Å²) >= 11 is 0. The van der Waals surface area contributed by atoms with Gasteiger partial charge in [0.05, 0.1) is 13.2 Å². The van der Waals surface area contributed by atoms with Gasteiger partial charge < -0.3 is 10.1 Å². The molecule has 2 rings (SSSR count). The molecular weight excluding hydrogens is 198 g/mol. The SMILES string of the molecule is CCCNC1C(OC)=CCc2ccccc21. The smallest absolute Gasteiger partial charge is 0.113 e. The molecule has 2 nitrogen and oxygen atoms in total. The molecule has 0 aromatic heterocycles. The van der Waals surface area contributed by atoms with Gasteiger partial charge in [0.2, 0.25) is 0 Å². The van der Waals surface area contributed by atoms with E-state index in [1.165, 1.54) is 11.1 Å². The van der Waals surface area contributed by atoms with Crippen LogP contribution in [0.4, 0.5) is 0 Å². The zero-order valence-corrected chi connectivity index (χ0v) is 9.99. The maximum atomic E-state index is 5.46. The maximum Gasteiger partial charge on any atom is 0.113 e. The van der Waals surface area contributed by atoms with Gasteiger partial charge in [0.1, 0.15) is 5.76 Å². The molecule has 0 aliphatic heterocycles. The van der Waals surface area contributed by atoms with Gasteiger partial charge in [-0.1, -0.05) is 31.2 Å². The molecule has 0 saturated heterocycles. The van der Waals surface area contributed by atoms with Crippen molar-refractivity contribution in [2.24, 2.45) is 0 Å². The van der Waals surface area contributed by atoms with Crippen molar-refractivity contribution >= 4 is 0 Å². The van der Waals surface area contributed by atoms with Gasteiger partial charge in [0.15, 0.2) is 0 Å². The van der Waals surface area contributed by atoms with Crippen LogP contribution in [-0.2, 0) is 11.2 Å². The van der Waals surface area contributed by atoms with Gasteiger partial charge in [-0.05, 0) is 36.6 Å². The van der Waals surface area contributed by atoms with Crippen molar-refractivity contribution in [3.05, 3.63) is 47.2 Å². The second-order valence-corrected chi connectivity index (χ2v) is 4.10. The molecule has 0 saturated carbocycles. The Bertz CT molecular complexity index is 384. The summed E-state index contributed by atoms with van der Waals surface area (Å²) in [5.41, 5.74) is 2.76. The number of allylic oxidation sites excluding steroid dienone is 1. The Labute approximate surface area is 97.3 Å². The minimum atomic E-state index is 0.231. The van der Waals surface area contributed by atoms with Crippen LogP contribution in [0.2, 0.25) is 0 Å². The van der Waals surface area contributed by atoms with Crippen LogP contribution < -0.4 is 5.32 Å². The predicted octanol–water partition coefficient (Wildman–Crippen LogP) is 2.81. The van der Waals surface area contributed by atoms with E-state index in [1.807, 2.05) is 0 Å². The summed E-state index contributed by atoms with van der Waals surface area (Å²) in [6.45, 7) is 3.19. The Hall–Kier alpha value is -1.28. The van der Waals surface area contributed by atoms with Gasteiger partial charge in [-0.25, -0.2) is 0 Å². The van der Waals surface area contributed by atoms with E-state index in [9.17, 15) is 0 Å². The fraction of sp³-hybridized carbons (Fsp3) is 0.429. The molecule has 0 spiro atoms. The second kappa shape index (κ2) is 5.17. The summed E-state index contributed by atoms with van der Waals surface area (Å²) in [4.78, 5) is 0. The first kappa shape index (κ1) is 11.2. The lowest BCUT2D eigenvalue weighted by Crippen LogP contribution is -2.27. The third-order valence-corrected chi connectivity index (χ3v) is 3.01. The topological polar surface area (TPSA) is 21.3 Å². The zero-order chi connectivity index (χ0) is 11.4. The van der Waals surface area contributed by atoms with E-state index in [-0.39, 0.29) is 6.04 Å². The van der Waals surface area contributed by atoms with E-state index in [4.69, 9.17) is 4.74 Å². The molecule has 0 amide bonds. The largest absolute Gasteiger partial charge is 0.499 e. The van der Waals surface area contributed by atoms with Crippen LogP contribution in [-0.4, -0.2) is 13.7 Å². The highest BCUT2D eigenvalue weighted by atomic mass is 16.5. The Morgan fingerprint density at radius 3 is 2.94 bits per heavy atom. The molecule has 1 atom stereocenters. The van der Waals surface area contributed by atoms with E-state index in [1.54, 1.807) is 7.11 Å². The van der Waals surface area contributed by atoms with Crippen molar-refractivity contribution < 1.29 is 4.74 Å². The molecule has 1 aromatic rings. The summed E-state index contributed by atoms with van der Waals surface area (Å²) in [5, 5.41) is 3.54. The highest BCUT2D eigenvalue weighted by molar-refractivity contribution is 5.39. The van der Waals surface area contributed by atoms with Crippen LogP contribution in [0.5, 0.6) is 0 Å². The molecule has 1 aliphatic rings. The lowest BCUT2D eigenvalue weighted by molar-refractivity contribution is 0.247. The molecule has 16 heavy (non-hydrogen) atoms. The van der Waals surface area contributed by atoms with E-state index in [2.05, 4.69) is 42.6 Å². The van der Waals surface area contributed by atoms with Crippen molar-refractivity contribution in [3.63, 3.8) is 0 Å². The van der Waals surface area contributed by atoms with Crippen molar-refractivity contribution in [1.29, 1.82) is 0 Å². The van der Waals surface area contributed by atoms with Gasteiger partial charge in [-0.15, -0.1) is 0 Å². The molecule has 86 valence electrons. The van der Waals surface area contributed by atoms with Gasteiger partial charge in [-0.3, -0.25) is 0 Å². The quantitative estimate of drug-likeness (QED) is 0.837. The predicted molar refractivity (Wildman–Crippen MR) is 66.3 cm³/mol. The Balaban J connectivity index is 2.27. The van der Waals surface area contributed by atoms with Crippen molar-refractivity contribution in [1.82, 2.24) is 5.32 Å². The van der Waals surface area contributed by atoms with E-state index in [0.29, 0.717) is 0 Å². The summed E-state index contributed by atoms with van der Waals surface area (Å²) in [5.74, 6) is 1.05. The minimum Gasteiger partial charge on any atom is -0.499 e. The highest BCUT2D eigenvalue weighted by Gasteiger charge is 2.22. The number of hydrogen-bond donors (Lipinski definition) is 1. The minimum absolute atomic E-state index is 0.231. The van der Waals surface area contributed by atoms with Gasteiger partial charge in [0, 0.05) is 0 Å². The lowest BCUT2D eigenvalue weighted by Gasteiger charge is -2.27. The highest BCUT2D eigenvalue weighted by Crippen LogP contribution is 2.30. The van der Waals surface area contributed by atoms with E-state index < -0.39 is 0 Å². The summed E-state index contributed by atoms with van der Waals surface area (Å²) in [7, 11) is 1.75. The number of fused-ring (bicyclic) bond motifs is 1. The van der Waals surface area contributed by atoms with Crippen molar-refractivity contribution in [2.75, 3.05) is 13.7 Å².